The van der Waals surface area contributed by atoms with Crippen molar-refractivity contribution in [3.05, 3.63) is 23.9 Å². The standard InChI is InChI=1S/C10H16N4O/c1-3-7-14(2)9-6-4-5-8(12-9)10(11)13-15/h4-6,15H,3,7H2,1-2H3,(H2,11,13). The summed E-state index contributed by atoms with van der Waals surface area (Å²) in [6.45, 7) is 3.02. The summed E-state index contributed by atoms with van der Waals surface area (Å²) >= 11 is 0. The van der Waals surface area contributed by atoms with Crippen LogP contribution in [-0.2, 0) is 0 Å². The second kappa shape index (κ2) is 5.19. The number of nitrogens with zero attached hydrogens (tertiary/aromatic N) is 3. The van der Waals surface area contributed by atoms with Crippen molar-refractivity contribution in [2.75, 3.05) is 18.5 Å². The number of anilines is 1. The minimum absolute atomic E-state index is 0.0294. The first kappa shape index (κ1) is 11.3. The van der Waals surface area contributed by atoms with E-state index < -0.39 is 0 Å². The summed E-state index contributed by atoms with van der Waals surface area (Å²) in [4.78, 5) is 6.29. The van der Waals surface area contributed by atoms with Gasteiger partial charge in [0.15, 0.2) is 5.84 Å². The molecule has 82 valence electrons. The number of oxime groups is 1. The fourth-order valence-corrected chi connectivity index (χ4v) is 1.28. The summed E-state index contributed by atoms with van der Waals surface area (Å²) in [6.07, 6.45) is 1.05. The zero-order valence-electron chi connectivity index (χ0n) is 9.01. The van der Waals surface area contributed by atoms with E-state index in [1.165, 1.54) is 0 Å². The molecule has 0 bridgehead atoms. The summed E-state index contributed by atoms with van der Waals surface area (Å²) in [5.74, 6) is 0.850. The third kappa shape index (κ3) is 2.83. The molecule has 1 aromatic rings. The van der Waals surface area contributed by atoms with E-state index in [4.69, 9.17) is 10.9 Å². The predicted molar refractivity (Wildman–Crippen MR) is 60.3 cm³/mol. The van der Waals surface area contributed by atoms with Crippen molar-refractivity contribution in [3.63, 3.8) is 0 Å². The van der Waals surface area contributed by atoms with Gasteiger partial charge in [0.05, 0.1) is 0 Å². The van der Waals surface area contributed by atoms with E-state index in [1.54, 1.807) is 6.07 Å². The highest BCUT2D eigenvalue weighted by Crippen LogP contribution is 2.09. The van der Waals surface area contributed by atoms with Crippen LogP contribution in [0.3, 0.4) is 0 Å². The maximum atomic E-state index is 8.53. The van der Waals surface area contributed by atoms with Crippen molar-refractivity contribution in [2.45, 2.75) is 13.3 Å². The largest absolute Gasteiger partial charge is 0.409 e. The van der Waals surface area contributed by atoms with Gasteiger partial charge in [0.1, 0.15) is 11.5 Å². The van der Waals surface area contributed by atoms with E-state index in [0.29, 0.717) is 5.69 Å². The highest BCUT2D eigenvalue weighted by molar-refractivity contribution is 5.95. The van der Waals surface area contributed by atoms with E-state index >= 15 is 0 Å². The Balaban J connectivity index is 2.92. The monoisotopic (exact) mass is 208 g/mol. The van der Waals surface area contributed by atoms with Gasteiger partial charge in [0.2, 0.25) is 0 Å². The van der Waals surface area contributed by atoms with Gasteiger partial charge in [-0.15, -0.1) is 0 Å². The number of hydrogen-bond acceptors (Lipinski definition) is 4. The number of amidine groups is 1. The van der Waals surface area contributed by atoms with Gasteiger partial charge >= 0.3 is 0 Å². The van der Waals surface area contributed by atoms with Crippen LogP contribution in [0, 0.1) is 0 Å². The lowest BCUT2D eigenvalue weighted by Crippen LogP contribution is -2.21. The Morgan fingerprint density at radius 3 is 2.93 bits per heavy atom. The lowest BCUT2D eigenvalue weighted by atomic mass is 10.3. The van der Waals surface area contributed by atoms with Crippen LogP contribution in [0.15, 0.2) is 23.4 Å². The molecule has 0 aliphatic carbocycles. The SMILES string of the molecule is CCCN(C)c1cccc(C(N)=NO)n1. The van der Waals surface area contributed by atoms with Crippen LogP contribution >= 0.6 is 0 Å². The third-order valence-corrected chi connectivity index (χ3v) is 2.05. The number of rotatable bonds is 4. The molecule has 0 saturated carbocycles. The van der Waals surface area contributed by atoms with Crippen molar-refractivity contribution >= 4 is 11.7 Å². The van der Waals surface area contributed by atoms with Crippen molar-refractivity contribution in [2.24, 2.45) is 10.9 Å². The Morgan fingerprint density at radius 2 is 2.33 bits per heavy atom. The molecule has 0 fully saturated rings. The topological polar surface area (TPSA) is 74.7 Å². The van der Waals surface area contributed by atoms with E-state index in [-0.39, 0.29) is 5.84 Å². The Kier molecular flexibility index (Phi) is 3.91. The Morgan fingerprint density at radius 1 is 1.60 bits per heavy atom. The summed E-state index contributed by atoms with van der Waals surface area (Å²) in [7, 11) is 1.96. The van der Waals surface area contributed by atoms with Gasteiger partial charge in [-0.3, -0.25) is 0 Å². The second-order valence-electron chi connectivity index (χ2n) is 3.29. The summed E-state index contributed by atoms with van der Waals surface area (Å²) < 4.78 is 0. The van der Waals surface area contributed by atoms with Gasteiger partial charge in [-0.1, -0.05) is 18.1 Å². The Labute approximate surface area is 89.2 Å². The summed E-state index contributed by atoms with van der Waals surface area (Å²) in [5, 5.41) is 11.4. The minimum Gasteiger partial charge on any atom is -0.409 e. The van der Waals surface area contributed by atoms with Crippen LogP contribution < -0.4 is 10.6 Å². The molecule has 1 aromatic heterocycles. The average molecular weight is 208 g/mol. The number of hydrogen-bond donors (Lipinski definition) is 2. The van der Waals surface area contributed by atoms with E-state index in [2.05, 4.69) is 17.1 Å². The smallest absolute Gasteiger partial charge is 0.188 e. The molecule has 0 aliphatic heterocycles. The summed E-state index contributed by atoms with van der Waals surface area (Å²) in [5.41, 5.74) is 5.94. The van der Waals surface area contributed by atoms with Crippen LogP contribution in [0.25, 0.3) is 0 Å². The highest BCUT2D eigenvalue weighted by atomic mass is 16.4. The van der Waals surface area contributed by atoms with Crippen LogP contribution in [0.1, 0.15) is 19.0 Å². The first-order valence-electron chi connectivity index (χ1n) is 4.85. The van der Waals surface area contributed by atoms with Gasteiger partial charge in [-0.05, 0) is 18.6 Å². The zero-order chi connectivity index (χ0) is 11.3. The maximum absolute atomic E-state index is 8.53. The number of pyridine rings is 1. The van der Waals surface area contributed by atoms with Crippen molar-refractivity contribution in [1.29, 1.82) is 0 Å². The van der Waals surface area contributed by atoms with E-state index in [1.807, 2.05) is 24.1 Å². The summed E-state index contributed by atoms with van der Waals surface area (Å²) in [6, 6.07) is 5.43. The molecule has 5 heteroatoms. The zero-order valence-corrected chi connectivity index (χ0v) is 9.01. The van der Waals surface area contributed by atoms with Gasteiger partial charge < -0.3 is 15.8 Å². The molecule has 0 atom stereocenters. The molecule has 0 spiro atoms. The quantitative estimate of drug-likeness (QED) is 0.335. The Bertz CT molecular complexity index is 351. The maximum Gasteiger partial charge on any atom is 0.188 e. The highest BCUT2D eigenvalue weighted by Gasteiger charge is 2.05. The van der Waals surface area contributed by atoms with Crippen LogP contribution in [-0.4, -0.2) is 29.6 Å². The molecule has 1 rings (SSSR count). The molecule has 0 radical (unpaired) electrons. The lowest BCUT2D eigenvalue weighted by molar-refractivity contribution is 0.318. The molecule has 1 heterocycles. The minimum atomic E-state index is 0.0294. The van der Waals surface area contributed by atoms with Crippen LogP contribution in [0.4, 0.5) is 5.82 Å². The van der Waals surface area contributed by atoms with E-state index in [0.717, 1.165) is 18.8 Å². The fraction of sp³-hybridized carbons (Fsp3) is 0.400. The fourth-order valence-electron chi connectivity index (χ4n) is 1.28. The van der Waals surface area contributed by atoms with Crippen molar-refractivity contribution < 1.29 is 5.21 Å². The van der Waals surface area contributed by atoms with Gasteiger partial charge in [-0.2, -0.15) is 0 Å². The third-order valence-electron chi connectivity index (χ3n) is 2.05. The van der Waals surface area contributed by atoms with Crippen LogP contribution in [0.2, 0.25) is 0 Å². The molecule has 0 saturated heterocycles. The van der Waals surface area contributed by atoms with E-state index in [9.17, 15) is 0 Å². The van der Waals surface area contributed by atoms with Gasteiger partial charge in [-0.25, -0.2) is 4.98 Å². The molecule has 15 heavy (non-hydrogen) atoms. The van der Waals surface area contributed by atoms with Crippen molar-refractivity contribution in [3.8, 4) is 0 Å². The normalized spacial score (nSPS) is 11.5. The molecule has 0 aliphatic rings. The molecule has 5 nitrogen and oxygen atoms in total. The molecule has 0 aromatic carbocycles. The number of nitrogens with two attached hydrogens (primary N) is 1. The van der Waals surface area contributed by atoms with Gasteiger partial charge in [0, 0.05) is 13.6 Å². The lowest BCUT2D eigenvalue weighted by Gasteiger charge is -2.17. The van der Waals surface area contributed by atoms with Crippen molar-refractivity contribution in [1.82, 2.24) is 4.98 Å². The predicted octanol–water partition coefficient (Wildman–Crippen LogP) is 1.02. The molecule has 0 amide bonds. The molecule has 0 unspecified atom stereocenters. The van der Waals surface area contributed by atoms with Crippen LogP contribution in [0.5, 0.6) is 0 Å². The average Bonchev–Trinajstić information content (AvgIpc) is 2.28. The molecule has 3 N–H and O–H groups in total. The first-order chi connectivity index (χ1) is 7.19. The molecular weight excluding hydrogens is 192 g/mol. The first-order valence-corrected chi connectivity index (χ1v) is 4.85. The molecular formula is C10H16N4O. The van der Waals surface area contributed by atoms with Gasteiger partial charge in [0.25, 0.3) is 0 Å². The number of aromatic nitrogens is 1. The Hall–Kier alpha value is -1.78. The second-order valence-corrected chi connectivity index (χ2v) is 3.29.